The van der Waals surface area contributed by atoms with E-state index >= 15 is 0 Å². The third-order valence-electron chi connectivity index (χ3n) is 3.53. The van der Waals surface area contributed by atoms with Crippen molar-refractivity contribution in [1.82, 2.24) is 10.2 Å². The van der Waals surface area contributed by atoms with Gasteiger partial charge in [0.25, 0.3) is 0 Å². The van der Waals surface area contributed by atoms with Crippen LogP contribution in [-0.2, 0) is 9.47 Å². The van der Waals surface area contributed by atoms with Crippen molar-refractivity contribution in [3.8, 4) is 0 Å². The van der Waals surface area contributed by atoms with Crippen LogP contribution in [0.4, 0.5) is 0 Å². The van der Waals surface area contributed by atoms with E-state index in [1.807, 2.05) is 14.0 Å². The quantitative estimate of drug-likeness (QED) is 0.645. The van der Waals surface area contributed by atoms with Crippen LogP contribution in [0.15, 0.2) is 0 Å². The van der Waals surface area contributed by atoms with Gasteiger partial charge in [-0.15, -0.1) is 0 Å². The Morgan fingerprint density at radius 3 is 2.65 bits per heavy atom. The first-order chi connectivity index (χ1) is 8.22. The van der Waals surface area contributed by atoms with Crippen molar-refractivity contribution in [1.29, 1.82) is 0 Å². The zero-order chi connectivity index (χ0) is 12.6. The standard InChI is InChI=1S/C13H28N2O2/c1-4-16-10-7-15(3)12-13(11-14-2)5-8-17-9-6-13/h14H,4-12H2,1-3H3. The van der Waals surface area contributed by atoms with Crippen LogP contribution in [0.2, 0.25) is 0 Å². The van der Waals surface area contributed by atoms with E-state index in [1.165, 1.54) is 0 Å². The Morgan fingerprint density at radius 2 is 2.06 bits per heavy atom. The van der Waals surface area contributed by atoms with Gasteiger partial charge in [0.05, 0.1) is 6.61 Å². The molecule has 0 saturated carbocycles. The number of nitrogens with zero attached hydrogens (tertiary/aromatic N) is 1. The lowest BCUT2D eigenvalue weighted by Gasteiger charge is -2.40. The van der Waals surface area contributed by atoms with Gasteiger partial charge in [0.15, 0.2) is 0 Å². The third-order valence-corrected chi connectivity index (χ3v) is 3.53. The molecule has 0 spiro atoms. The summed E-state index contributed by atoms with van der Waals surface area (Å²) in [6.45, 7) is 8.71. The largest absolute Gasteiger partial charge is 0.381 e. The molecule has 17 heavy (non-hydrogen) atoms. The van der Waals surface area contributed by atoms with Gasteiger partial charge in [0, 0.05) is 39.5 Å². The summed E-state index contributed by atoms with van der Waals surface area (Å²) in [4.78, 5) is 2.39. The van der Waals surface area contributed by atoms with Gasteiger partial charge in [0.2, 0.25) is 0 Å². The van der Waals surface area contributed by atoms with E-state index in [2.05, 4.69) is 17.3 Å². The van der Waals surface area contributed by atoms with Crippen LogP contribution in [0.3, 0.4) is 0 Å². The minimum Gasteiger partial charge on any atom is -0.381 e. The summed E-state index contributed by atoms with van der Waals surface area (Å²) >= 11 is 0. The molecule has 4 heteroatoms. The number of likely N-dealkylation sites (N-methyl/N-ethyl adjacent to an activating group) is 1. The molecule has 0 radical (unpaired) electrons. The molecule has 0 aromatic rings. The topological polar surface area (TPSA) is 33.7 Å². The van der Waals surface area contributed by atoms with Crippen LogP contribution in [0, 0.1) is 5.41 Å². The van der Waals surface area contributed by atoms with Crippen molar-refractivity contribution in [3.05, 3.63) is 0 Å². The summed E-state index contributed by atoms with van der Waals surface area (Å²) in [6, 6.07) is 0. The molecule has 1 N–H and O–H groups in total. The molecular formula is C13H28N2O2. The number of hydrogen-bond acceptors (Lipinski definition) is 4. The summed E-state index contributed by atoms with van der Waals surface area (Å²) in [5, 5.41) is 3.34. The molecular weight excluding hydrogens is 216 g/mol. The summed E-state index contributed by atoms with van der Waals surface area (Å²) in [5.74, 6) is 0. The number of hydrogen-bond donors (Lipinski definition) is 1. The van der Waals surface area contributed by atoms with E-state index in [-0.39, 0.29) is 0 Å². The van der Waals surface area contributed by atoms with Gasteiger partial charge in [-0.2, -0.15) is 0 Å². The van der Waals surface area contributed by atoms with E-state index in [0.717, 1.165) is 58.9 Å². The second-order valence-electron chi connectivity index (χ2n) is 5.08. The van der Waals surface area contributed by atoms with Gasteiger partial charge < -0.3 is 19.7 Å². The van der Waals surface area contributed by atoms with Crippen molar-refractivity contribution >= 4 is 0 Å². The molecule has 0 unspecified atom stereocenters. The van der Waals surface area contributed by atoms with Crippen LogP contribution in [0.5, 0.6) is 0 Å². The van der Waals surface area contributed by atoms with E-state index < -0.39 is 0 Å². The number of rotatable bonds is 8. The second-order valence-corrected chi connectivity index (χ2v) is 5.08. The minimum absolute atomic E-state index is 0.383. The molecule has 1 saturated heterocycles. The Bertz CT molecular complexity index is 188. The maximum absolute atomic E-state index is 5.48. The van der Waals surface area contributed by atoms with Crippen molar-refractivity contribution in [2.75, 3.05) is 60.2 Å². The van der Waals surface area contributed by atoms with E-state index in [9.17, 15) is 0 Å². The van der Waals surface area contributed by atoms with E-state index in [1.54, 1.807) is 0 Å². The molecule has 0 aromatic carbocycles. The van der Waals surface area contributed by atoms with Gasteiger partial charge in [-0.3, -0.25) is 0 Å². The van der Waals surface area contributed by atoms with Gasteiger partial charge in [0.1, 0.15) is 0 Å². The zero-order valence-electron chi connectivity index (χ0n) is 11.6. The molecule has 1 aliphatic heterocycles. The van der Waals surface area contributed by atoms with Gasteiger partial charge in [-0.05, 0) is 39.3 Å². The molecule has 0 amide bonds. The first-order valence-corrected chi connectivity index (χ1v) is 6.71. The Labute approximate surface area is 106 Å². The van der Waals surface area contributed by atoms with E-state index in [0.29, 0.717) is 5.41 Å². The minimum atomic E-state index is 0.383. The molecule has 0 aromatic heterocycles. The van der Waals surface area contributed by atoms with Crippen LogP contribution < -0.4 is 5.32 Å². The molecule has 102 valence electrons. The van der Waals surface area contributed by atoms with Gasteiger partial charge >= 0.3 is 0 Å². The number of ether oxygens (including phenoxy) is 2. The Hall–Kier alpha value is -0.160. The Kier molecular flexibility index (Phi) is 7.04. The highest BCUT2D eigenvalue weighted by Crippen LogP contribution is 2.30. The molecule has 0 atom stereocenters. The average molecular weight is 244 g/mol. The van der Waals surface area contributed by atoms with Gasteiger partial charge in [-0.25, -0.2) is 0 Å². The van der Waals surface area contributed by atoms with E-state index in [4.69, 9.17) is 9.47 Å². The lowest BCUT2D eigenvalue weighted by Crippen LogP contribution is -2.46. The van der Waals surface area contributed by atoms with Crippen LogP contribution >= 0.6 is 0 Å². The monoisotopic (exact) mass is 244 g/mol. The normalized spacial score (nSPS) is 19.8. The maximum atomic E-state index is 5.48. The first-order valence-electron chi connectivity index (χ1n) is 6.71. The molecule has 0 aliphatic carbocycles. The van der Waals surface area contributed by atoms with Crippen LogP contribution in [0.25, 0.3) is 0 Å². The fourth-order valence-corrected chi connectivity index (χ4v) is 2.59. The Morgan fingerprint density at radius 1 is 1.35 bits per heavy atom. The molecule has 1 fully saturated rings. The highest BCUT2D eigenvalue weighted by molar-refractivity contribution is 4.86. The average Bonchev–Trinajstić information content (AvgIpc) is 2.30. The summed E-state index contributed by atoms with van der Waals surface area (Å²) in [5.41, 5.74) is 0.383. The zero-order valence-corrected chi connectivity index (χ0v) is 11.6. The second kappa shape index (κ2) is 8.03. The lowest BCUT2D eigenvalue weighted by molar-refractivity contribution is -0.00330. The molecule has 1 rings (SSSR count). The fourth-order valence-electron chi connectivity index (χ4n) is 2.59. The predicted octanol–water partition coefficient (Wildman–Crippen LogP) is 0.971. The molecule has 4 nitrogen and oxygen atoms in total. The summed E-state index contributed by atoms with van der Waals surface area (Å²) < 4.78 is 10.9. The maximum Gasteiger partial charge on any atom is 0.0593 e. The van der Waals surface area contributed by atoms with Crippen LogP contribution in [0.1, 0.15) is 19.8 Å². The first kappa shape index (κ1) is 14.9. The van der Waals surface area contributed by atoms with Crippen molar-refractivity contribution in [3.63, 3.8) is 0 Å². The summed E-state index contributed by atoms with van der Waals surface area (Å²) in [7, 11) is 4.23. The SMILES string of the molecule is CCOCCN(C)CC1(CNC)CCOCC1. The molecule has 1 aliphatic rings. The highest BCUT2D eigenvalue weighted by Gasteiger charge is 2.32. The fraction of sp³-hybridized carbons (Fsp3) is 1.00. The lowest BCUT2D eigenvalue weighted by atomic mass is 9.79. The van der Waals surface area contributed by atoms with Gasteiger partial charge in [-0.1, -0.05) is 0 Å². The van der Waals surface area contributed by atoms with Crippen molar-refractivity contribution < 1.29 is 9.47 Å². The van der Waals surface area contributed by atoms with Crippen LogP contribution in [-0.4, -0.2) is 65.1 Å². The third kappa shape index (κ3) is 5.34. The van der Waals surface area contributed by atoms with Crippen molar-refractivity contribution in [2.45, 2.75) is 19.8 Å². The highest BCUT2D eigenvalue weighted by atomic mass is 16.5. The molecule has 0 bridgehead atoms. The number of nitrogens with one attached hydrogen (secondary N) is 1. The van der Waals surface area contributed by atoms with Crippen molar-refractivity contribution in [2.24, 2.45) is 5.41 Å². The molecule has 1 heterocycles. The smallest absolute Gasteiger partial charge is 0.0593 e. The summed E-state index contributed by atoms with van der Waals surface area (Å²) in [6.07, 6.45) is 2.32. The predicted molar refractivity (Wildman–Crippen MR) is 70.4 cm³/mol. The Balaban J connectivity index is 2.36.